The van der Waals surface area contributed by atoms with Gasteiger partial charge >= 0.3 is 0 Å². The summed E-state index contributed by atoms with van der Waals surface area (Å²) in [6, 6.07) is 6.23. The van der Waals surface area contributed by atoms with Gasteiger partial charge in [-0.25, -0.2) is 13.4 Å². The van der Waals surface area contributed by atoms with Gasteiger partial charge in [0, 0.05) is 51.1 Å². The predicted molar refractivity (Wildman–Crippen MR) is 114 cm³/mol. The molecule has 0 aliphatic carbocycles. The van der Waals surface area contributed by atoms with Crippen LogP contribution in [0.3, 0.4) is 0 Å². The summed E-state index contributed by atoms with van der Waals surface area (Å²) < 4.78 is 28.4. The molecule has 1 aliphatic heterocycles. The second kappa shape index (κ2) is 7.84. The first-order valence-corrected chi connectivity index (χ1v) is 11.1. The van der Waals surface area contributed by atoms with Crippen molar-refractivity contribution in [2.24, 2.45) is 7.05 Å². The highest BCUT2D eigenvalue weighted by atomic mass is 32.2. The molecule has 3 aromatic rings. The molecule has 1 N–H and O–H groups in total. The number of non-ortho nitro benzene ring substituents is 1. The predicted octanol–water partition coefficient (Wildman–Crippen LogP) is 0.625. The highest BCUT2D eigenvalue weighted by molar-refractivity contribution is 7.89. The maximum absolute atomic E-state index is 13.2. The molecule has 168 valence electrons. The van der Waals surface area contributed by atoms with Gasteiger partial charge in [0.1, 0.15) is 0 Å². The Bertz CT molecular complexity index is 1380. The van der Waals surface area contributed by atoms with Crippen molar-refractivity contribution in [2.75, 3.05) is 26.2 Å². The fourth-order valence-electron chi connectivity index (χ4n) is 3.74. The number of pyridine rings is 1. The summed E-state index contributed by atoms with van der Waals surface area (Å²) >= 11 is 0. The van der Waals surface area contributed by atoms with E-state index in [0.29, 0.717) is 11.3 Å². The number of amides is 1. The molecule has 12 nitrogen and oxygen atoms in total. The lowest BCUT2D eigenvalue weighted by Crippen LogP contribution is -2.50. The summed E-state index contributed by atoms with van der Waals surface area (Å²) in [7, 11) is -2.23. The maximum Gasteiger partial charge on any atom is 0.274 e. The molecule has 0 saturated carbocycles. The number of fused-ring (bicyclic) bond motifs is 1. The van der Waals surface area contributed by atoms with Crippen LogP contribution in [0.25, 0.3) is 11.0 Å². The monoisotopic (exact) mass is 460 g/mol. The summed E-state index contributed by atoms with van der Waals surface area (Å²) in [5, 5.41) is 13.6. The molecule has 0 radical (unpaired) electrons. The van der Waals surface area contributed by atoms with Crippen molar-refractivity contribution in [3.05, 3.63) is 62.1 Å². The van der Waals surface area contributed by atoms with E-state index in [2.05, 4.69) is 10.1 Å². The first-order valence-electron chi connectivity index (χ1n) is 9.70. The van der Waals surface area contributed by atoms with E-state index in [1.807, 2.05) is 0 Å². The van der Waals surface area contributed by atoms with Crippen molar-refractivity contribution in [3.8, 4) is 0 Å². The lowest BCUT2D eigenvalue weighted by Gasteiger charge is -2.34. The number of sulfonamides is 1. The third-order valence-electron chi connectivity index (χ3n) is 5.38. The third kappa shape index (κ3) is 3.65. The number of H-pyrrole nitrogens is 1. The van der Waals surface area contributed by atoms with Crippen molar-refractivity contribution >= 4 is 32.7 Å². The first-order chi connectivity index (χ1) is 15.1. The number of aryl methyl sites for hydroxylation is 2. The molecule has 1 aromatic carbocycles. The van der Waals surface area contributed by atoms with Gasteiger partial charge in [-0.15, -0.1) is 0 Å². The number of nitro benzene ring substituents is 1. The van der Waals surface area contributed by atoms with Crippen LogP contribution in [0.2, 0.25) is 0 Å². The quantitative estimate of drug-likeness (QED) is 0.443. The van der Waals surface area contributed by atoms with E-state index in [0.717, 1.165) is 12.1 Å². The number of nitrogens with one attached hydrogen (secondary N) is 1. The molecule has 4 rings (SSSR count). The molecule has 0 spiro atoms. The lowest BCUT2D eigenvalue weighted by molar-refractivity contribution is -0.384. The molecule has 13 heteroatoms. The maximum atomic E-state index is 13.2. The average molecular weight is 460 g/mol. The summed E-state index contributed by atoms with van der Waals surface area (Å²) in [5.41, 5.74) is 0.556. The number of carbonyl (C=O) groups is 1. The topological polar surface area (TPSA) is 152 Å². The SMILES string of the molecule is Cc1cc(C(=O)N2CCN(S(=O)(=O)c3ccc([N+](=O)[O-])cc3)CC2)c2c(=O)[nH]n(C)c2n1. The van der Waals surface area contributed by atoms with E-state index in [1.165, 1.54) is 26.0 Å². The van der Waals surface area contributed by atoms with Gasteiger partial charge in [-0.1, -0.05) is 0 Å². The molecule has 3 heterocycles. The van der Waals surface area contributed by atoms with Crippen molar-refractivity contribution in [3.63, 3.8) is 0 Å². The molecule has 2 aromatic heterocycles. The largest absolute Gasteiger partial charge is 0.336 e. The fraction of sp³-hybridized carbons (Fsp3) is 0.316. The molecule has 1 fully saturated rings. The minimum absolute atomic E-state index is 0.0508. The Hall–Kier alpha value is -3.58. The highest BCUT2D eigenvalue weighted by Gasteiger charge is 2.32. The van der Waals surface area contributed by atoms with E-state index in [1.54, 1.807) is 20.0 Å². The van der Waals surface area contributed by atoms with Gasteiger partial charge in [0.25, 0.3) is 17.2 Å². The molecule has 0 bridgehead atoms. The number of rotatable bonds is 4. The van der Waals surface area contributed by atoms with Gasteiger partial charge in [-0.05, 0) is 25.1 Å². The van der Waals surface area contributed by atoms with Gasteiger partial charge in [0.15, 0.2) is 5.65 Å². The molecule has 1 aliphatic rings. The minimum Gasteiger partial charge on any atom is -0.336 e. The molecule has 1 saturated heterocycles. The average Bonchev–Trinajstić information content (AvgIpc) is 3.06. The Kier molecular flexibility index (Phi) is 5.30. The van der Waals surface area contributed by atoms with Crippen molar-refractivity contribution in [1.29, 1.82) is 0 Å². The number of benzene rings is 1. The first kappa shape index (κ1) is 21.6. The van der Waals surface area contributed by atoms with Gasteiger partial charge in [0.2, 0.25) is 10.0 Å². The zero-order valence-electron chi connectivity index (χ0n) is 17.3. The van der Waals surface area contributed by atoms with Crippen molar-refractivity contribution in [1.82, 2.24) is 24.0 Å². The number of nitro groups is 1. The Morgan fingerprint density at radius 3 is 2.38 bits per heavy atom. The van der Waals surface area contributed by atoms with Crippen LogP contribution in [0.15, 0.2) is 40.0 Å². The van der Waals surface area contributed by atoms with Crippen LogP contribution in [0.5, 0.6) is 0 Å². The van der Waals surface area contributed by atoms with Crippen LogP contribution in [0, 0.1) is 17.0 Å². The molecular weight excluding hydrogens is 440 g/mol. The van der Waals surface area contributed by atoms with E-state index in [-0.39, 0.29) is 53.6 Å². The number of piperazine rings is 1. The Morgan fingerprint density at radius 1 is 1.16 bits per heavy atom. The van der Waals surface area contributed by atoms with Crippen LogP contribution >= 0.6 is 0 Å². The minimum atomic E-state index is -3.86. The number of hydrogen-bond donors (Lipinski definition) is 1. The van der Waals surface area contributed by atoms with E-state index in [9.17, 15) is 28.1 Å². The lowest BCUT2D eigenvalue weighted by atomic mass is 10.1. The normalized spacial score (nSPS) is 15.2. The number of carbonyl (C=O) groups excluding carboxylic acids is 1. The van der Waals surface area contributed by atoms with Crippen LogP contribution in [-0.4, -0.2) is 69.4 Å². The Labute approximate surface area is 182 Å². The van der Waals surface area contributed by atoms with Crippen LogP contribution in [-0.2, 0) is 17.1 Å². The van der Waals surface area contributed by atoms with E-state index >= 15 is 0 Å². The van der Waals surface area contributed by atoms with Gasteiger partial charge in [-0.3, -0.25) is 29.5 Å². The van der Waals surface area contributed by atoms with Crippen molar-refractivity contribution in [2.45, 2.75) is 11.8 Å². The molecule has 32 heavy (non-hydrogen) atoms. The van der Waals surface area contributed by atoms with E-state index in [4.69, 9.17) is 0 Å². The standard InChI is InChI=1S/C19H20N6O6S/c1-12-11-15(16-17(20-12)22(2)21-18(16)26)19(27)23-7-9-24(10-8-23)32(30,31)14-5-3-13(4-6-14)25(28)29/h3-6,11H,7-10H2,1-2H3,(H,21,26). The smallest absolute Gasteiger partial charge is 0.274 e. The molecule has 1 amide bonds. The number of nitrogens with zero attached hydrogens (tertiary/aromatic N) is 5. The van der Waals surface area contributed by atoms with Gasteiger partial charge < -0.3 is 4.90 Å². The summed E-state index contributed by atoms with van der Waals surface area (Å²) in [4.78, 5) is 41.4. The zero-order valence-corrected chi connectivity index (χ0v) is 18.1. The Balaban J connectivity index is 1.54. The summed E-state index contributed by atoms with van der Waals surface area (Å²) in [5.74, 6) is -0.371. The second-order valence-corrected chi connectivity index (χ2v) is 9.39. The zero-order chi connectivity index (χ0) is 23.2. The van der Waals surface area contributed by atoms with Crippen molar-refractivity contribution < 1.29 is 18.1 Å². The third-order valence-corrected chi connectivity index (χ3v) is 7.30. The van der Waals surface area contributed by atoms with Crippen LogP contribution < -0.4 is 5.56 Å². The molecular formula is C19H20N6O6S. The van der Waals surface area contributed by atoms with Gasteiger partial charge in [0.05, 0.1) is 20.8 Å². The molecule has 0 unspecified atom stereocenters. The van der Waals surface area contributed by atoms with Crippen LogP contribution in [0.1, 0.15) is 16.1 Å². The van der Waals surface area contributed by atoms with Crippen LogP contribution in [0.4, 0.5) is 5.69 Å². The molecule has 0 atom stereocenters. The van der Waals surface area contributed by atoms with Gasteiger partial charge in [-0.2, -0.15) is 4.31 Å². The fourth-order valence-corrected chi connectivity index (χ4v) is 5.17. The van der Waals surface area contributed by atoms with E-state index < -0.39 is 20.5 Å². The number of hydrogen-bond acceptors (Lipinski definition) is 7. The summed E-state index contributed by atoms with van der Waals surface area (Å²) in [6.45, 7) is 2.12. The second-order valence-electron chi connectivity index (χ2n) is 7.46. The Morgan fingerprint density at radius 2 is 1.78 bits per heavy atom. The summed E-state index contributed by atoms with van der Waals surface area (Å²) in [6.07, 6.45) is 0. The highest BCUT2D eigenvalue weighted by Crippen LogP contribution is 2.22. The number of aromatic amines is 1. The number of aromatic nitrogens is 3.